The number of carbonyl (C=O) groups is 3. The van der Waals surface area contributed by atoms with Crippen molar-refractivity contribution in [3.63, 3.8) is 0 Å². The summed E-state index contributed by atoms with van der Waals surface area (Å²) < 4.78 is 1.61. The van der Waals surface area contributed by atoms with Gasteiger partial charge in [-0.25, -0.2) is 0 Å². The van der Waals surface area contributed by atoms with Crippen LogP contribution in [0.5, 0.6) is 0 Å². The van der Waals surface area contributed by atoms with Gasteiger partial charge in [-0.1, -0.05) is 19.1 Å². The molecule has 8 nitrogen and oxygen atoms in total. The van der Waals surface area contributed by atoms with Gasteiger partial charge in [0.05, 0.1) is 16.3 Å². The van der Waals surface area contributed by atoms with Gasteiger partial charge >= 0.3 is 0 Å². The van der Waals surface area contributed by atoms with Gasteiger partial charge in [-0.3, -0.25) is 29.1 Å². The molecule has 3 aromatic rings. The molecule has 0 saturated carbocycles. The van der Waals surface area contributed by atoms with Gasteiger partial charge in [-0.05, 0) is 61.0 Å². The molecule has 2 heterocycles. The van der Waals surface area contributed by atoms with Crippen LogP contribution in [0.3, 0.4) is 0 Å². The number of nitrogens with zero attached hydrogens (tertiary/aromatic N) is 1. The Kier molecular flexibility index (Phi) is 5.52. The SMILES string of the molecule is CCC1(c2ccc(NC(=O)c3ccc4c(=O)n(C)c(=S)[nH]c4c3)cc2)CCC(=O)NC1=O. The van der Waals surface area contributed by atoms with E-state index in [1.807, 2.05) is 6.92 Å². The third kappa shape index (κ3) is 3.64. The Morgan fingerprint density at radius 3 is 2.53 bits per heavy atom. The zero-order chi connectivity index (χ0) is 23.0. The molecule has 0 bridgehead atoms. The van der Waals surface area contributed by atoms with Gasteiger partial charge in [-0.15, -0.1) is 0 Å². The van der Waals surface area contributed by atoms with Crippen molar-refractivity contribution in [2.75, 3.05) is 5.32 Å². The maximum absolute atomic E-state index is 12.8. The van der Waals surface area contributed by atoms with Crippen molar-refractivity contribution < 1.29 is 14.4 Å². The first-order valence-electron chi connectivity index (χ1n) is 10.2. The van der Waals surface area contributed by atoms with E-state index in [0.717, 1.165) is 5.56 Å². The molecular formula is C23H22N4O4S. The lowest BCUT2D eigenvalue weighted by atomic mass is 9.72. The molecule has 0 aliphatic carbocycles. The number of benzene rings is 2. The molecule has 1 aliphatic heterocycles. The fourth-order valence-corrected chi connectivity index (χ4v) is 4.28. The zero-order valence-corrected chi connectivity index (χ0v) is 18.5. The second kappa shape index (κ2) is 8.16. The van der Waals surface area contributed by atoms with E-state index < -0.39 is 5.41 Å². The zero-order valence-electron chi connectivity index (χ0n) is 17.7. The maximum atomic E-state index is 12.8. The van der Waals surface area contributed by atoms with E-state index in [1.165, 1.54) is 4.57 Å². The smallest absolute Gasteiger partial charge is 0.261 e. The largest absolute Gasteiger partial charge is 0.332 e. The van der Waals surface area contributed by atoms with Gasteiger partial charge in [-0.2, -0.15) is 0 Å². The molecular weight excluding hydrogens is 428 g/mol. The number of anilines is 1. The fourth-order valence-electron chi connectivity index (χ4n) is 4.09. The van der Waals surface area contributed by atoms with Gasteiger partial charge < -0.3 is 10.3 Å². The lowest BCUT2D eigenvalue weighted by molar-refractivity contribution is -0.138. The second-order valence-corrected chi connectivity index (χ2v) is 8.29. The molecule has 1 unspecified atom stereocenters. The van der Waals surface area contributed by atoms with Crippen molar-refractivity contribution in [2.24, 2.45) is 7.05 Å². The lowest BCUT2D eigenvalue weighted by Gasteiger charge is -2.35. The number of carbonyl (C=O) groups excluding carboxylic acids is 3. The third-order valence-electron chi connectivity index (χ3n) is 6.13. The lowest BCUT2D eigenvalue weighted by Crippen LogP contribution is -2.51. The molecule has 1 saturated heterocycles. The highest BCUT2D eigenvalue weighted by molar-refractivity contribution is 7.71. The van der Waals surface area contributed by atoms with E-state index in [1.54, 1.807) is 49.5 Å². The number of nitrogens with one attached hydrogen (secondary N) is 3. The van der Waals surface area contributed by atoms with Gasteiger partial charge in [0.2, 0.25) is 11.8 Å². The van der Waals surface area contributed by atoms with Crippen molar-refractivity contribution in [1.82, 2.24) is 14.9 Å². The Labute approximate surface area is 188 Å². The van der Waals surface area contributed by atoms with Crippen molar-refractivity contribution >= 4 is 46.5 Å². The van der Waals surface area contributed by atoms with E-state index in [-0.39, 0.29) is 28.1 Å². The Hall–Kier alpha value is -3.59. The minimum absolute atomic E-state index is 0.232. The number of aromatic nitrogens is 2. The predicted octanol–water partition coefficient (Wildman–Crippen LogP) is 2.93. The van der Waals surface area contributed by atoms with Crippen molar-refractivity contribution in [3.05, 3.63) is 68.7 Å². The van der Waals surface area contributed by atoms with Crippen LogP contribution in [0.1, 0.15) is 42.1 Å². The van der Waals surface area contributed by atoms with Crippen LogP contribution in [0, 0.1) is 4.77 Å². The van der Waals surface area contributed by atoms with Crippen LogP contribution in [0.4, 0.5) is 5.69 Å². The van der Waals surface area contributed by atoms with E-state index in [2.05, 4.69) is 15.6 Å². The van der Waals surface area contributed by atoms with Crippen LogP contribution in [-0.2, 0) is 22.1 Å². The topological polar surface area (TPSA) is 113 Å². The highest BCUT2D eigenvalue weighted by Gasteiger charge is 2.42. The number of imide groups is 1. The highest BCUT2D eigenvalue weighted by Crippen LogP contribution is 2.36. The summed E-state index contributed by atoms with van der Waals surface area (Å²) >= 11 is 5.14. The van der Waals surface area contributed by atoms with E-state index in [9.17, 15) is 19.2 Å². The Bertz CT molecular complexity index is 1370. The Balaban J connectivity index is 1.57. The minimum atomic E-state index is -0.751. The van der Waals surface area contributed by atoms with Crippen LogP contribution in [0.25, 0.3) is 10.9 Å². The van der Waals surface area contributed by atoms with Gasteiger partial charge in [0.1, 0.15) is 0 Å². The molecule has 0 spiro atoms. The monoisotopic (exact) mass is 450 g/mol. The fraction of sp³-hybridized carbons (Fsp3) is 0.261. The number of aromatic amines is 1. The van der Waals surface area contributed by atoms with Gasteiger partial charge in [0, 0.05) is 24.7 Å². The molecule has 1 aromatic heterocycles. The molecule has 0 radical (unpaired) electrons. The molecule has 3 N–H and O–H groups in total. The second-order valence-electron chi connectivity index (χ2n) is 7.90. The first-order valence-corrected chi connectivity index (χ1v) is 10.7. The summed E-state index contributed by atoms with van der Waals surface area (Å²) in [5.74, 6) is -0.879. The predicted molar refractivity (Wildman–Crippen MR) is 123 cm³/mol. The standard InChI is InChI=1S/C23H22N4O4S/c1-3-23(11-10-18(28)26-21(23)31)14-5-7-15(8-6-14)24-19(29)13-4-9-16-17(12-13)25-22(32)27(2)20(16)30/h4-9,12H,3,10-11H2,1-2H3,(H,24,29)(H,25,32)(H,26,28,31). The van der Waals surface area contributed by atoms with Crippen LogP contribution >= 0.6 is 12.2 Å². The van der Waals surface area contributed by atoms with Crippen molar-refractivity contribution in [2.45, 2.75) is 31.6 Å². The van der Waals surface area contributed by atoms with Crippen molar-refractivity contribution in [1.29, 1.82) is 0 Å². The number of hydrogen-bond acceptors (Lipinski definition) is 5. The van der Waals surface area contributed by atoms with Gasteiger partial charge in [0.25, 0.3) is 11.5 Å². The molecule has 164 valence electrons. The first kappa shape index (κ1) is 21.6. The number of fused-ring (bicyclic) bond motifs is 1. The van der Waals surface area contributed by atoms with Crippen LogP contribution in [-0.4, -0.2) is 27.3 Å². The number of amides is 3. The minimum Gasteiger partial charge on any atom is -0.332 e. The van der Waals surface area contributed by atoms with E-state index in [4.69, 9.17) is 12.2 Å². The van der Waals surface area contributed by atoms with E-state index in [0.29, 0.717) is 41.4 Å². The molecule has 1 aliphatic rings. The number of piperidine rings is 1. The molecule has 1 atom stereocenters. The molecule has 2 aromatic carbocycles. The summed E-state index contributed by atoms with van der Waals surface area (Å²) in [5.41, 5.74) is 1.24. The maximum Gasteiger partial charge on any atom is 0.261 e. The van der Waals surface area contributed by atoms with Gasteiger partial charge in [0.15, 0.2) is 4.77 Å². The number of rotatable bonds is 4. The summed E-state index contributed by atoms with van der Waals surface area (Å²) in [5, 5.41) is 5.70. The summed E-state index contributed by atoms with van der Waals surface area (Å²) in [6.45, 7) is 1.92. The molecule has 32 heavy (non-hydrogen) atoms. The first-order chi connectivity index (χ1) is 15.2. The quantitative estimate of drug-likeness (QED) is 0.418. The Morgan fingerprint density at radius 1 is 1.16 bits per heavy atom. The van der Waals surface area contributed by atoms with Crippen molar-refractivity contribution in [3.8, 4) is 0 Å². The third-order valence-corrected chi connectivity index (χ3v) is 6.50. The molecule has 9 heteroatoms. The summed E-state index contributed by atoms with van der Waals surface area (Å²) in [6, 6.07) is 11.8. The molecule has 1 fully saturated rings. The average molecular weight is 451 g/mol. The van der Waals surface area contributed by atoms with E-state index >= 15 is 0 Å². The Morgan fingerprint density at radius 2 is 1.88 bits per heavy atom. The summed E-state index contributed by atoms with van der Waals surface area (Å²) in [6.07, 6.45) is 1.32. The number of hydrogen-bond donors (Lipinski definition) is 3. The van der Waals surface area contributed by atoms with Crippen LogP contribution < -0.4 is 16.2 Å². The van der Waals surface area contributed by atoms with Crippen LogP contribution in [0.15, 0.2) is 47.3 Å². The normalized spacial score (nSPS) is 18.4. The number of H-pyrrole nitrogens is 1. The summed E-state index contributed by atoms with van der Waals surface area (Å²) in [7, 11) is 1.59. The van der Waals surface area contributed by atoms with Crippen LogP contribution in [0.2, 0.25) is 0 Å². The summed E-state index contributed by atoms with van der Waals surface area (Å²) in [4.78, 5) is 52.1. The molecule has 4 rings (SSSR count). The highest BCUT2D eigenvalue weighted by atomic mass is 32.1. The molecule has 3 amide bonds. The average Bonchev–Trinajstić information content (AvgIpc) is 2.78.